The monoisotopic (exact) mass is 320 g/mol. The molecule has 8 nitrogen and oxygen atoms in total. The van der Waals surface area contributed by atoms with Crippen LogP contribution in [0.25, 0.3) is 0 Å². The summed E-state index contributed by atoms with van der Waals surface area (Å²) in [5.41, 5.74) is 0. The van der Waals surface area contributed by atoms with Gasteiger partial charge in [-0.15, -0.1) is 12.4 Å². The molecule has 0 unspecified atom stereocenters. The number of ether oxygens (including phenoxy) is 1. The summed E-state index contributed by atoms with van der Waals surface area (Å²) in [6.07, 6.45) is 0. The second-order valence-electron chi connectivity index (χ2n) is 4.29. The van der Waals surface area contributed by atoms with Crippen molar-refractivity contribution in [1.29, 1.82) is 0 Å². The van der Waals surface area contributed by atoms with Crippen LogP contribution in [-0.4, -0.2) is 62.3 Å². The Balaban J connectivity index is 0.00000400. The number of hydrogen-bond acceptors (Lipinski definition) is 6. The van der Waals surface area contributed by atoms with Crippen molar-refractivity contribution in [3.63, 3.8) is 0 Å². The number of methoxy groups -OCH3 is 1. The van der Waals surface area contributed by atoms with E-state index in [1.807, 2.05) is 0 Å². The molecule has 0 fully saturated rings. The van der Waals surface area contributed by atoms with Crippen LogP contribution < -0.4 is 10.6 Å². The number of nitrogens with zero attached hydrogens (tertiary/aromatic N) is 2. The summed E-state index contributed by atoms with van der Waals surface area (Å²) in [4.78, 5) is 24.7. The Morgan fingerprint density at radius 3 is 2.76 bits per heavy atom. The Morgan fingerprint density at radius 2 is 2.19 bits per heavy atom. The van der Waals surface area contributed by atoms with Gasteiger partial charge in [0.05, 0.1) is 19.7 Å². The number of aromatic nitrogens is 1. The van der Waals surface area contributed by atoms with Crippen molar-refractivity contribution in [2.24, 2.45) is 0 Å². The number of aryl methyl sites for hydroxylation is 1. The first-order valence-electron chi connectivity index (χ1n) is 6.19. The molecule has 0 aromatic carbocycles. The van der Waals surface area contributed by atoms with Crippen molar-refractivity contribution in [1.82, 2.24) is 15.4 Å². The topological polar surface area (TPSA) is 96.7 Å². The molecule has 2 amide bonds. The summed E-state index contributed by atoms with van der Waals surface area (Å²) in [6.45, 7) is 2.96. The molecule has 0 aliphatic carbocycles. The Kier molecular flexibility index (Phi) is 9.35. The summed E-state index contributed by atoms with van der Waals surface area (Å²) < 4.78 is 9.68. The molecule has 21 heavy (non-hydrogen) atoms. The smallest absolute Gasteiger partial charge is 0.245 e. The molecule has 9 heteroatoms. The number of carbonyl (C=O) groups excluding carboxylic acids is 2. The SMILES string of the molecule is COCCNCC(=O)N(C)CC(=O)Nc1cc(C)on1.Cl. The Labute approximate surface area is 129 Å². The highest BCUT2D eigenvalue weighted by atomic mass is 35.5. The maximum atomic E-state index is 11.7. The molecular weight excluding hydrogens is 300 g/mol. The minimum absolute atomic E-state index is 0. The fraction of sp³-hybridized carbons (Fsp3) is 0.583. The van der Waals surface area contributed by atoms with Gasteiger partial charge in [0, 0.05) is 26.8 Å². The van der Waals surface area contributed by atoms with E-state index in [0.29, 0.717) is 24.7 Å². The zero-order chi connectivity index (χ0) is 15.0. The van der Waals surface area contributed by atoms with E-state index in [2.05, 4.69) is 15.8 Å². The summed E-state index contributed by atoms with van der Waals surface area (Å²) >= 11 is 0. The number of nitrogens with one attached hydrogen (secondary N) is 2. The van der Waals surface area contributed by atoms with E-state index >= 15 is 0 Å². The number of halogens is 1. The number of amides is 2. The fourth-order valence-corrected chi connectivity index (χ4v) is 1.42. The second-order valence-corrected chi connectivity index (χ2v) is 4.29. The van der Waals surface area contributed by atoms with Crippen LogP contribution in [0.3, 0.4) is 0 Å². The van der Waals surface area contributed by atoms with Gasteiger partial charge in [-0.1, -0.05) is 5.16 Å². The van der Waals surface area contributed by atoms with E-state index in [1.165, 1.54) is 4.90 Å². The molecule has 0 aliphatic rings. The number of carbonyl (C=O) groups is 2. The van der Waals surface area contributed by atoms with Crippen LogP contribution >= 0.6 is 12.4 Å². The van der Waals surface area contributed by atoms with E-state index in [-0.39, 0.29) is 37.3 Å². The molecule has 0 bridgehead atoms. The fourth-order valence-electron chi connectivity index (χ4n) is 1.42. The molecule has 0 saturated carbocycles. The molecule has 0 aliphatic heterocycles. The normalized spacial score (nSPS) is 9.86. The van der Waals surface area contributed by atoms with E-state index in [9.17, 15) is 9.59 Å². The van der Waals surface area contributed by atoms with Gasteiger partial charge in [0.1, 0.15) is 5.76 Å². The summed E-state index contributed by atoms with van der Waals surface area (Å²) in [6, 6.07) is 1.60. The summed E-state index contributed by atoms with van der Waals surface area (Å²) in [5.74, 6) is 0.442. The van der Waals surface area contributed by atoms with E-state index < -0.39 is 0 Å². The lowest BCUT2D eigenvalue weighted by molar-refractivity contribution is -0.132. The van der Waals surface area contributed by atoms with Gasteiger partial charge < -0.3 is 24.8 Å². The predicted octanol–water partition coefficient (Wildman–Crippen LogP) is 0.0377. The third-order valence-electron chi connectivity index (χ3n) is 2.46. The lowest BCUT2D eigenvalue weighted by Crippen LogP contribution is -2.40. The first-order valence-corrected chi connectivity index (χ1v) is 6.19. The van der Waals surface area contributed by atoms with Crippen molar-refractivity contribution in [3.05, 3.63) is 11.8 Å². The number of hydrogen-bond donors (Lipinski definition) is 2. The molecule has 1 heterocycles. The average Bonchev–Trinajstić information content (AvgIpc) is 2.79. The van der Waals surface area contributed by atoms with Crippen molar-refractivity contribution in [2.75, 3.05) is 45.7 Å². The van der Waals surface area contributed by atoms with Gasteiger partial charge in [0.2, 0.25) is 11.8 Å². The summed E-state index contributed by atoms with van der Waals surface area (Å²) in [5, 5.41) is 9.11. The van der Waals surface area contributed by atoms with Gasteiger partial charge in [0.15, 0.2) is 5.82 Å². The highest BCUT2D eigenvalue weighted by molar-refractivity contribution is 5.93. The zero-order valence-electron chi connectivity index (χ0n) is 12.3. The molecule has 1 aromatic rings. The molecular formula is C12H21ClN4O4. The lowest BCUT2D eigenvalue weighted by atomic mass is 10.4. The quantitative estimate of drug-likeness (QED) is 0.656. The summed E-state index contributed by atoms with van der Waals surface area (Å²) in [7, 11) is 3.15. The molecule has 0 atom stereocenters. The number of likely N-dealkylation sites (N-methyl/N-ethyl adjacent to an activating group) is 1. The van der Waals surface area contributed by atoms with Crippen LogP contribution in [-0.2, 0) is 14.3 Å². The van der Waals surface area contributed by atoms with E-state index in [1.54, 1.807) is 27.1 Å². The zero-order valence-corrected chi connectivity index (χ0v) is 13.2. The highest BCUT2D eigenvalue weighted by Gasteiger charge is 2.13. The Bertz CT molecular complexity index is 452. The van der Waals surface area contributed by atoms with Gasteiger partial charge in [-0.05, 0) is 6.92 Å². The predicted molar refractivity (Wildman–Crippen MR) is 79.5 cm³/mol. The van der Waals surface area contributed by atoms with Crippen LogP contribution in [0.1, 0.15) is 5.76 Å². The van der Waals surface area contributed by atoms with Crippen molar-refractivity contribution >= 4 is 30.0 Å². The first kappa shape index (κ1) is 19.4. The molecule has 1 aromatic heterocycles. The molecule has 0 saturated heterocycles. The third-order valence-corrected chi connectivity index (χ3v) is 2.46. The van der Waals surface area contributed by atoms with Crippen molar-refractivity contribution < 1.29 is 18.8 Å². The van der Waals surface area contributed by atoms with Crippen LogP contribution in [0.2, 0.25) is 0 Å². The average molecular weight is 321 g/mol. The molecule has 0 spiro atoms. The largest absolute Gasteiger partial charge is 0.383 e. The van der Waals surface area contributed by atoms with Gasteiger partial charge in [-0.25, -0.2) is 0 Å². The highest BCUT2D eigenvalue weighted by Crippen LogP contribution is 2.06. The van der Waals surface area contributed by atoms with Crippen LogP contribution in [0.15, 0.2) is 10.6 Å². The Hall–Kier alpha value is -1.64. The maximum absolute atomic E-state index is 11.7. The van der Waals surface area contributed by atoms with Crippen molar-refractivity contribution in [2.45, 2.75) is 6.92 Å². The maximum Gasteiger partial charge on any atom is 0.245 e. The number of anilines is 1. The molecule has 2 N–H and O–H groups in total. The minimum atomic E-state index is -0.328. The van der Waals surface area contributed by atoms with Crippen molar-refractivity contribution in [3.8, 4) is 0 Å². The van der Waals surface area contributed by atoms with Gasteiger partial charge in [-0.2, -0.15) is 0 Å². The van der Waals surface area contributed by atoms with Gasteiger partial charge in [0.25, 0.3) is 0 Å². The molecule has 120 valence electrons. The minimum Gasteiger partial charge on any atom is -0.383 e. The standard InChI is InChI=1S/C12H20N4O4.ClH/c1-9-6-10(15-20-9)14-11(17)8-16(2)12(18)7-13-4-5-19-3;/h6,13H,4-5,7-8H2,1-3H3,(H,14,15,17);1H. The number of rotatable bonds is 8. The van der Waals surface area contributed by atoms with E-state index in [4.69, 9.17) is 9.26 Å². The van der Waals surface area contributed by atoms with Gasteiger partial charge in [-0.3, -0.25) is 9.59 Å². The molecule has 1 rings (SSSR count). The van der Waals surface area contributed by atoms with Gasteiger partial charge >= 0.3 is 0 Å². The third kappa shape index (κ3) is 7.64. The second kappa shape index (κ2) is 10.1. The molecule has 0 radical (unpaired) electrons. The lowest BCUT2D eigenvalue weighted by Gasteiger charge is -2.16. The van der Waals surface area contributed by atoms with E-state index in [0.717, 1.165) is 0 Å². The van der Waals surface area contributed by atoms with Crippen LogP contribution in [0.5, 0.6) is 0 Å². The van der Waals surface area contributed by atoms with Crippen LogP contribution in [0.4, 0.5) is 5.82 Å². The first-order chi connectivity index (χ1) is 9.52. The van der Waals surface area contributed by atoms with Crippen LogP contribution in [0, 0.1) is 6.92 Å². The Morgan fingerprint density at radius 1 is 1.48 bits per heavy atom.